The summed E-state index contributed by atoms with van der Waals surface area (Å²) in [5.74, 6) is -2.21. The number of nitro benzene ring substituents is 1. The molecule has 0 saturated carbocycles. The standard InChI is InChI=1S/C16H14F2N2O4S/c1-9(25-11-4-5-12(17)13(18)8-11)16(21)19-14-6-3-10(24-2)7-15(14)20(22)23/h3-9H,1-2H3,(H,19,21)/t9-/m1/s1. The molecule has 0 unspecified atom stereocenters. The normalized spacial score (nSPS) is 11.7. The summed E-state index contributed by atoms with van der Waals surface area (Å²) in [6, 6.07) is 7.35. The van der Waals surface area contributed by atoms with E-state index in [1.165, 1.54) is 31.4 Å². The molecule has 1 atom stereocenters. The lowest BCUT2D eigenvalue weighted by Gasteiger charge is -2.13. The Hall–Kier alpha value is -2.68. The zero-order chi connectivity index (χ0) is 18.6. The van der Waals surface area contributed by atoms with E-state index in [9.17, 15) is 23.7 Å². The molecule has 2 aromatic rings. The minimum absolute atomic E-state index is 0.0218. The molecule has 0 aliphatic carbocycles. The average Bonchev–Trinajstić information content (AvgIpc) is 2.58. The third-order valence-electron chi connectivity index (χ3n) is 3.23. The average molecular weight is 368 g/mol. The number of nitrogens with one attached hydrogen (secondary N) is 1. The smallest absolute Gasteiger partial charge is 0.296 e. The van der Waals surface area contributed by atoms with Crippen LogP contribution in [0.1, 0.15) is 6.92 Å². The van der Waals surface area contributed by atoms with Gasteiger partial charge >= 0.3 is 0 Å². The van der Waals surface area contributed by atoms with E-state index in [-0.39, 0.29) is 17.1 Å². The van der Waals surface area contributed by atoms with Crippen molar-refractivity contribution in [2.45, 2.75) is 17.1 Å². The van der Waals surface area contributed by atoms with Crippen molar-refractivity contribution in [3.05, 3.63) is 58.1 Å². The van der Waals surface area contributed by atoms with E-state index < -0.39 is 27.7 Å². The molecular formula is C16H14F2N2O4S. The van der Waals surface area contributed by atoms with Crippen LogP contribution >= 0.6 is 11.8 Å². The van der Waals surface area contributed by atoms with Crippen LogP contribution in [0.5, 0.6) is 5.75 Å². The molecule has 0 aliphatic rings. The van der Waals surface area contributed by atoms with Gasteiger partial charge in [0.05, 0.1) is 23.3 Å². The van der Waals surface area contributed by atoms with E-state index in [4.69, 9.17) is 4.74 Å². The molecule has 0 saturated heterocycles. The number of amides is 1. The minimum atomic E-state index is -1.01. The van der Waals surface area contributed by atoms with Crippen LogP contribution < -0.4 is 10.1 Å². The summed E-state index contributed by atoms with van der Waals surface area (Å²) in [4.78, 5) is 23.1. The van der Waals surface area contributed by atoms with Crippen LogP contribution in [0.15, 0.2) is 41.3 Å². The number of carbonyl (C=O) groups excluding carboxylic acids is 1. The van der Waals surface area contributed by atoms with E-state index in [1.807, 2.05) is 0 Å². The Morgan fingerprint density at radius 3 is 2.56 bits per heavy atom. The topological polar surface area (TPSA) is 81.5 Å². The quantitative estimate of drug-likeness (QED) is 0.473. The van der Waals surface area contributed by atoms with Crippen LogP contribution in [0.3, 0.4) is 0 Å². The van der Waals surface area contributed by atoms with Crippen LogP contribution in [-0.2, 0) is 4.79 Å². The Kier molecular flexibility index (Phi) is 5.92. The molecule has 0 aliphatic heterocycles. The number of thioether (sulfide) groups is 1. The Morgan fingerprint density at radius 2 is 1.96 bits per heavy atom. The van der Waals surface area contributed by atoms with Crippen molar-refractivity contribution in [1.82, 2.24) is 0 Å². The van der Waals surface area contributed by atoms with Crippen molar-refractivity contribution in [2.24, 2.45) is 0 Å². The van der Waals surface area contributed by atoms with Gasteiger partial charge in [-0.25, -0.2) is 8.78 Å². The highest BCUT2D eigenvalue weighted by Gasteiger charge is 2.21. The van der Waals surface area contributed by atoms with Crippen molar-refractivity contribution in [2.75, 3.05) is 12.4 Å². The molecule has 1 amide bonds. The minimum Gasteiger partial charge on any atom is -0.496 e. The maximum atomic E-state index is 13.2. The number of ether oxygens (including phenoxy) is 1. The highest BCUT2D eigenvalue weighted by atomic mass is 32.2. The molecule has 9 heteroatoms. The lowest BCUT2D eigenvalue weighted by molar-refractivity contribution is -0.384. The lowest BCUT2D eigenvalue weighted by Crippen LogP contribution is -2.22. The van der Waals surface area contributed by atoms with Gasteiger partial charge in [0.15, 0.2) is 11.6 Å². The third-order valence-corrected chi connectivity index (χ3v) is 4.33. The lowest BCUT2D eigenvalue weighted by atomic mass is 10.2. The molecule has 6 nitrogen and oxygen atoms in total. The highest BCUT2D eigenvalue weighted by molar-refractivity contribution is 8.00. The number of carbonyl (C=O) groups is 1. The Balaban J connectivity index is 2.13. The van der Waals surface area contributed by atoms with E-state index in [0.717, 1.165) is 23.9 Å². The largest absolute Gasteiger partial charge is 0.496 e. The molecule has 1 N–H and O–H groups in total. The van der Waals surface area contributed by atoms with Gasteiger partial charge in [-0.3, -0.25) is 14.9 Å². The zero-order valence-electron chi connectivity index (χ0n) is 13.3. The molecule has 2 aromatic carbocycles. The van der Waals surface area contributed by atoms with E-state index in [1.54, 1.807) is 6.92 Å². The molecule has 0 radical (unpaired) electrons. The van der Waals surface area contributed by atoms with Gasteiger partial charge in [0, 0.05) is 4.90 Å². The maximum absolute atomic E-state index is 13.2. The third kappa shape index (κ3) is 4.66. The van der Waals surface area contributed by atoms with Crippen molar-refractivity contribution < 1.29 is 23.2 Å². The molecule has 0 aromatic heterocycles. The molecule has 0 fully saturated rings. The summed E-state index contributed by atoms with van der Waals surface area (Å²) in [5.41, 5.74) is -0.286. The first kappa shape index (κ1) is 18.7. The van der Waals surface area contributed by atoms with Crippen molar-refractivity contribution in [3.63, 3.8) is 0 Å². The summed E-state index contributed by atoms with van der Waals surface area (Å²) in [7, 11) is 1.37. The Bertz CT molecular complexity index is 817. The number of nitro groups is 1. The van der Waals surface area contributed by atoms with E-state index in [2.05, 4.69) is 5.32 Å². The molecular weight excluding hydrogens is 354 g/mol. The number of halogens is 2. The molecule has 2 rings (SSSR count). The second-order valence-electron chi connectivity index (χ2n) is 4.97. The number of hydrogen-bond acceptors (Lipinski definition) is 5. The number of nitrogens with zero attached hydrogens (tertiary/aromatic N) is 1. The first-order chi connectivity index (χ1) is 11.8. The predicted molar refractivity (Wildman–Crippen MR) is 90.0 cm³/mol. The van der Waals surface area contributed by atoms with Crippen LogP contribution in [0, 0.1) is 21.7 Å². The summed E-state index contributed by atoms with van der Waals surface area (Å²) in [5, 5.41) is 12.9. The van der Waals surface area contributed by atoms with Crippen molar-refractivity contribution >= 4 is 29.0 Å². The van der Waals surface area contributed by atoms with Gasteiger partial charge in [0.2, 0.25) is 5.91 Å². The SMILES string of the molecule is COc1ccc(NC(=O)[C@@H](C)Sc2ccc(F)c(F)c2)c([N+](=O)[O-])c1. The van der Waals surface area contributed by atoms with Crippen LogP contribution in [-0.4, -0.2) is 23.2 Å². The van der Waals surface area contributed by atoms with Gasteiger partial charge in [-0.2, -0.15) is 0 Å². The fraction of sp³-hybridized carbons (Fsp3) is 0.188. The number of anilines is 1. The summed E-state index contributed by atoms with van der Waals surface area (Å²) < 4.78 is 31.1. The summed E-state index contributed by atoms with van der Waals surface area (Å²) in [6.45, 7) is 1.55. The number of methoxy groups -OCH3 is 1. The first-order valence-electron chi connectivity index (χ1n) is 7.07. The van der Waals surface area contributed by atoms with Crippen LogP contribution in [0.25, 0.3) is 0 Å². The Labute approximate surface area is 146 Å². The van der Waals surface area contributed by atoms with Gasteiger partial charge < -0.3 is 10.1 Å². The van der Waals surface area contributed by atoms with E-state index >= 15 is 0 Å². The molecule has 25 heavy (non-hydrogen) atoms. The molecule has 132 valence electrons. The Morgan fingerprint density at radius 1 is 1.24 bits per heavy atom. The highest BCUT2D eigenvalue weighted by Crippen LogP contribution is 2.31. The van der Waals surface area contributed by atoms with Gasteiger partial charge in [0.1, 0.15) is 11.4 Å². The number of rotatable bonds is 6. The van der Waals surface area contributed by atoms with E-state index in [0.29, 0.717) is 4.90 Å². The van der Waals surface area contributed by atoms with Crippen LogP contribution in [0.4, 0.5) is 20.2 Å². The predicted octanol–water partition coefficient (Wildman–Crippen LogP) is 4.00. The molecule has 0 spiro atoms. The first-order valence-corrected chi connectivity index (χ1v) is 7.94. The van der Waals surface area contributed by atoms with Gasteiger partial charge in [-0.05, 0) is 37.3 Å². The van der Waals surface area contributed by atoms with Gasteiger partial charge in [-0.1, -0.05) is 0 Å². The second kappa shape index (κ2) is 7.93. The van der Waals surface area contributed by atoms with Crippen molar-refractivity contribution in [1.29, 1.82) is 0 Å². The maximum Gasteiger partial charge on any atom is 0.296 e. The van der Waals surface area contributed by atoms with Gasteiger partial charge in [0.25, 0.3) is 5.69 Å². The second-order valence-corrected chi connectivity index (χ2v) is 6.38. The zero-order valence-corrected chi connectivity index (χ0v) is 14.1. The number of hydrogen-bond donors (Lipinski definition) is 1. The molecule has 0 heterocycles. The summed E-state index contributed by atoms with van der Waals surface area (Å²) >= 11 is 1.00. The van der Waals surface area contributed by atoms with Crippen molar-refractivity contribution in [3.8, 4) is 5.75 Å². The fourth-order valence-electron chi connectivity index (χ4n) is 1.94. The van der Waals surface area contributed by atoms with Crippen LogP contribution in [0.2, 0.25) is 0 Å². The summed E-state index contributed by atoms with van der Waals surface area (Å²) in [6.07, 6.45) is 0. The fourth-order valence-corrected chi connectivity index (χ4v) is 2.83. The monoisotopic (exact) mass is 368 g/mol. The molecule has 0 bridgehead atoms. The van der Waals surface area contributed by atoms with Gasteiger partial charge in [-0.15, -0.1) is 11.8 Å². The number of benzene rings is 2.